The van der Waals surface area contributed by atoms with Gasteiger partial charge in [0.05, 0.1) is 24.4 Å². The van der Waals surface area contributed by atoms with Crippen molar-refractivity contribution in [2.24, 2.45) is 5.41 Å². The average molecular weight is 430 g/mol. The standard InChI is InChI=1S/C24H35BO6/c1-9-28-20(26)24(8,21(27)29-10-2)15-19(18-13-11-17(3)12-14-18)16-25-30-22(4,5)23(6,7)31-25/h11-14,16H,9-10,15H2,1-8H3/b19-16+. The molecule has 1 aromatic carbocycles. The van der Waals surface area contributed by atoms with E-state index in [1.54, 1.807) is 20.8 Å². The summed E-state index contributed by atoms with van der Waals surface area (Å²) in [6, 6.07) is 7.89. The SMILES string of the molecule is CCOC(=O)C(C)(C/C(=C\B1OC(C)(C)C(C)(C)O1)c1ccc(C)cc1)C(=O)OCC. The molecule has 1 heterocycles. The molecule has 31 heavy (non-hydrogen) atoms. The van der Waals surface area contributed by atoms with Crippen LogP contribution in [0, 0.1) is 12.3 Å². The summed E-state index contributed by atoms with van der Waals surface area (Å²) in [5.41, 5.74) is 0.238. The van der Waals surface area contributed by atoms with E-state index in [4.69, 9.17) is 18.8 Å². The summed E-state index contributed by atoms with van der Waals surface area (Å²) >= 11 is 0. The number of hydrogen-bond acceptors (Lipinski definition) is 6. The maximum Gasteiger partial charge on any atom is 0.487 e. The number of carbonyl (C=O) groups is 2. The van der Waals surface area contributed by atoms with Crippen molar-refractivity contribution in [2.45, 2.75) is 73.0 Å². The van der Waals surface area contributed by atoms with Gasteiger partial charge in [0.25, 0.3) is 0 Å². The molecule has 0 radical (unpaired) electrons. The molecule has 0 saturated carbocycles. The minimum Gasteiger partial charge on any atom is -0.465 e. The number of benzene rings is 1. The van der Waals surface area contributed by atoms with Crippen molar-refractivity contribution in [3.05, 3.63) is 41.4 Å². The Morgan fingerprint density at radius 1 is 0.968 bits per heavy atom. The molecule has 0 bridgehead atoms. The van der Waals surface area contributed by atoms with Crippen molar-refractivity contribution in [2.75, 3.05) is 13.2 Å². The third-order valence-corrected chi connectivity index (χ3v) is 6.03. The molecule has 0 aliphatic carbocycles. The molecule has 7 heteroatoms. The van der Waals surface area contributed by atoms with E-state index in [2.05, 4.69) is 0 Å². The molecule has 0 unspecified atom stereocenters. The molecular formula is C24H35BO6. The van der Waals surface area contributed by atoms with Crippen molar-refractivity contribution < 1.29 is 28.4 Å². The number of carbonyl (C=O) groups excluding carboxylic acids is 2. The summed E-state index contributed by atoms with van der Waals surface area (Å²) < 4.78 is 22.8. The molecule has 1 aliphatic heterocycles. The molecule has 0 spiro atoms. The Morgan fingerprint density at radius 2 is 1.42 bits per heavy atom. The molecular weight excluding hydrogens is 395 g/mol. The Labute approximate surface area is 186 Å². The topological polar surface area (TPSA) is 71.1 Å². The molecule has 6 nitrogen and oxygen atoms in total. The van der Waals surface area contributed by atoms with Crippen LogP contribution >= 0.6 is 0 Å². The second-order valence-electron chi connectivity index (χ2n) is 9.13. The molecule has 2 rings (SSSR count). The van der Waals surface area contributed by atoms with E-state index in [9.17, 15) is 9.59 Å². The summed E-state index contributed by atoms with van der Waals surface area (Å²) in [4.78, 5) is 25.7. The predicted molar refractivity (Wildman–Crippen MR) is 121 cm³/mol. The molecule has 1 saturated heterocycles. The summed E-state index contributed by atoms with van der Waals surface area (Å²) in [6.45, 7) is 15.3. The fraction of sp³-hybridized carbons (Fsp3) is 0.583. The summed E-state index contributed by atoms with van der Waals surface area (Å²) in [5.74, 6) is 0.624. The Balaban J connectivity index is 2.50. The van der Waals surface area contributed by atoms with Crippen molar-refractivity contribution >= 4 is 24.6 Å². The number of ether oxygens (including phenoxy) is 2. The van der Waals surface area contributed by atoms with Gasteiger partial charge in [-0.1, -0.05) is 35.8 Å². The van der Waals surface area contributed by atoms with Crippen LogP contribution in [0.5, 0.6) is 0 Å². The third kappa shape index (κ3) is 5.58. The lowest BCUT2D eigenvalue weighted by Gasteiger charge is -2.32. The first kappa shape index (κ1) is 25.1. The molecule has 1 aliphatic rings. The van der Waals surface area contributed by atoms with E-state index >= 15 is 0 Å². The Bertz CT molecular complexity index is 791. The quantitative estimate of drug-likeness (QED) is 0.343. The minimum atomic E-state index is -1.49. The fourth-order valence-corrected chi connectivity index (χ4v) is 3.34. The van der Waals surface area contributed by atoms with Crippen LogP contribution in [-0.4, -0.2) is 43.5 Å². The Kier molecular flexibility index (Phi) is 7.77. The highest BCUT2D eigenvalue weighted by atomic mass is 16.7. The average Bonchev–Trinajstić information content (AvgIpc) is 2.88. The first-order valence-corrected chi connectivity index (χ1v) is 10.8. The van der Waals surface area contributed by atoms with E-state index < -0.39 is 35.7 Å². The Hall–Kier alpha value is -2.12. The number of hydrogen-bond donors (Lipinski definition) is 0. The largest absolute Gasteiger partial charge is 0.487 e. The minimum absolute atomic E-state index is 0.0950. The van der Waals surface area contributed by atoms with Gasteiger partial charge in [0.2, 0.25) is 0 Å². The van der Waals surface area contributed by atoms with Gasteiger partial charge in [0.1, 0.15) is 0 Å². The smallest absolute Gasteiger partial charge is 0.465 e. The third-order valence-electron chi connectivity index (χ3n) is 6.03. The zero-order valence-electron chi connectivity index (χ0n) is 20.0. The lowest BCUT2D eigenvalue weighted by molar-refractivity contribution is -0.170. The van der Waals surface area contributed by atoms with Gasteiger partial charge < -0.3 is 18.8 Å². The molecule has 0 amide bonds. The lowest BCUT2D eigenvalue weighted by Crippen LogP contribution is -2.41. The highest BCUT2D eigenvalue weighted by molar-refractivity contribution is 6.53. The van der Waals surface area contributed by atoms with Crippen LogP contribution in [0.4, 0.5) is 0 Å². The number of aryl methyl sites for hydroxylation is 1. The monoisotopic (exact) mass is 430 g/mol. The second kappa shape index (κ2) is 9.57. The zero-order chi connectivity index (χ0) is 23.4. The fourth-order valence-electron chi connectivity index (χ4n) is 3.34. The van der Waals surface area contributed by atoms with Gasteiger partial charge in [-0.05, 0) is 72.9 Å². The molecule has 0 aromatic heterocycles. The zero-order valence-corrected chi connectivity index (χ0v) is 20.0. The molecule has 0 N–H and O–H groups in total. The van der Waals surface area contributed by atoms with Crippen LogP contribution < -0.4 is 0 Å². The maximum atomic E-state index is 12.8. The van der Waals surface area contributed by atoms with Crippen molar-refractivity contribution in [3.8, 4) is 0 Å². The van der Waals surface area contributed by atoms with Crippen LogP contribution in [0.3, 0.4) is 0 Å². The van der Waals surface area contributed by atoms with Crippen LogP contribution in [0.15, 0.2) is 30.2 Å². The van der Waals surface area contributed by atoms with Crippen molar-refractivity contribution in [1.29, 1.82) is 0 Å². The summed E-state index contributed by atoms with van der Waals surface area (Å²) in [6.07, 6.45) is 0.0950. The summed E-state index contributed by atoms with van der Waals surface area (Å²) in [5, 5.41) is 0. The highest BCUT2D eigenvalue weighted by Gasteiger charge is 2.51. The van der Waals surface area contributed by atoms with E-state index in [0.717, 1.165) is 16.7 Å². The van der Waals surface area contributed by atoms with Gasteiger partial charge in [-0.2, -0.15) is 0 Å². The van der Waals surface area contributed by atoms with Crippen molar-refractivity contribution in [3.63, 3.8) is 0 Å². The van der Waals surface area contributed by atoms with E-state index in [1.807, 2.05) is 64.9 Å². The molecule has 170 valence electrons. The number of allylic oxidation sites excluding steroid dienone is 1. The van der Waals surface area contributed by atoms with Gasteiger partial charge in [0, 0.05) is 0 Å². The summed E-state index contributed by atoms with van der Waals surface area (Å²) in [7, 11) is -0.616. The van der Waals surface area contributed by atoms with Crippen molar-refractivity contribution in [1.82, 2.24) is 0 Å². The predicted octanol–water partition coefficient (Wildman–Crippen LogP) is 4.53. The normalized spacial score (nSPS) is 18.1. The van der Waals surface area contributed by atoms with Gasteiger partial charge >= 0.3 is 19.1 Å². The van der Waals surface area contributed by atoms with Gasteiger partial charge in [0.15, 0.2) is 5.41 Å². The van der Waals surface area contributed by atoms with Crippen LogP contribution in [0.1, 0.15) is 66.0 Å². The van der Waals surface area contributed by atoms with Gasteiger partial charge in [-0.15, -0.1) is 0 Å². The molecule has 0 atom stereocenters. The van der Waals surface area contributed by atoms with Crippen LogP contribution in [0.25, 0.3) is 5.57 Å². The maximum absolute atomic E-state index is 12.8. The molecule has 1 fully saturated rings. The van der Waals surface area contributed by atoms with E-state index in [1.165, 1.54) is 0 Å². The van der Waals surface area contributed by atoms with Crippen LogP contribution in [-0.2, 0) is 28.4 Å². The van der Waals surface area contributed by atoms with E-state index in [0.29, 0.717) is 0 Å². The van der Waals surface area contributed by atoms with E-state index in [-0.39, 0.29) is 19.6 Å². The highest BCUT2D eigenvalue weighted by Crippen LogP contribution is 2.40. The first-order chi connectivity index (χ1) is 14.4. The Morgan fingerprint density at radius 3 is 1.84 bits per heavy atom. The second-order valence-corrected chi connectivity index (χ2v) is 9.13. The van der Waals surface area contributed by atoms with Gasteiger partial charge in [-0.25, -0.2) is 0 Å². The molecule has 1 aromatic rings. The lowest BCUT2D eigenvalue weighted by atomic mass is 9.76. The van der Waals surface area contributed by atoms with Crippen LogP contribution in [0.2, 0.25) is 0 Å². The number of rotatable bonds is 8. The van der Waals surface area contributed by atoms with Gasteiger partial charge in [-0.3, -0.25) is 9.59 Å². The first-order valence-electron chi connectivity index (χ1n) is 10.8. The number of esters is 2.